The first-order valence-electron chi connectivity index (χ1n) is 5.65. The van der Waals surface area contributed by atoms with Gasteiger partial charge in [-0.25, -0.2) is 0 Å². The molecule has 94 valence electrons. The minimum Gasteiger partial charge on any atom is -0.301 e. The van der Waals surface area contributed by atoms with Crippen molar-refractivity contribution in [1.82, 2.24) is 0 Å². The Labute approximate surface area is 111 Å². The van der Waals surface area contributed by atoms with Gasteiger partial charge in [0.05, 0.1) is 11.3 Å². The van der Waals surface area contributed by atoms with E-state index in [2.05, 4.69) is 6.58 Å². The van der Waals surface area contributed by atoms with Gasteiger partial charge in [-0.1, -0.05) is 12.6 Å². The van der Waals surface area contributed by atoms with Crippen LogP contribution in [0.25, 0.3) is 0 Å². The van der Waals surface area contributed by atoms with E-state index < -0.39 is 11.7 Å². The number of Topliss-reactive ketones (excluding diaryl/α,β-unsaturated/α-hetero) is 1. The number of carbonyl (C=O) groups excluding carboxylic acids is 2. The molecule has 2 rings (SSSR count). The Morgan fingerprint density at radius 3 is 2.61 bits per heavy atom. The molecule has 1 aromatic carbocycles. The summed E-state index contributed by atoms with van der Waals surface area (Å²) in [6.45, 7) is 7.86. The maximum atomic E-state index is 12.0. The molecule has 0 saturated carbocycles. The number of benzene rings is 1. The van der Waals surface area contributed by atoms with Crippen LogP contribution >= 0.6 is 11.6 Å². The van der Waals surface area contributed by atoms with E-state index in [0.29, 0.717) is 23.4 Å². The Morgan fingerprint density at radius 2 is 2.00 bits per heavy atom. The minimum atomic E-state index is -0.495. The third kappa shape index (κ3) is 1.95. The van der Waals surface area contributed by atoms with Gasteiger partial charge in [0.2, 0.25) is 0 Å². The number of ketones is 1. The van der Waals surface area contributed by atoms with Crippen molar-refractivity contribution in [3.8, 4) is 0 Å². The number of hydrogen-bond acceptors (Lipinski definition) is 2. The molecule has 0 N–H and O–H groups in total. The van der Waals surface area contributed by atoms with Crippen LogP contribution in [0.1, 0.15) is 21.5 Å². The molecule has 0 aromatic heterocycles. The lowest BCUT2D eigenvalue weighted by molar-refractivity contribution is -0.114. The first-order valence-corrected chi connectivity index (χ1v) is 6.19. The molecular weight excluding hydrogens is 250 g/mol. The highest BCUT2D eigenvalue weighted by Gasteiger charge is 2.37. The Kier molecular flexibility index (Phi) is 3.26. The van der Waals surface area contributed by atoms with Crippen molar-refractivity contribution in [2.75, 3.05) is 17.3 Å². The van der Waals surface area contributed by atoms with E-state index in [4.69, 9.17) is 11.6 Å². The number of carbonyl (C=O) groups is 2. The first-order chi connectivity index (χ1) is 8.45. The van der Waals surface area contributed by atoms with Crippen LogP contribution in [0.5, 0.6) is 0 Å². The molecule has 1 aliphatic rings. The van der Waals surface area contributed by atoms with Gasteiger partial charge in [0, 0.05) is 12.4 Å². The zero-order valence-electron chi connectivity index (χ0n) is 10.4. The molecule has 0 fully saturated rings. The highest BCUT2D eigenvalue weighted by atomic mass is 35.5. The summed E-state index contributed by atoms with van der Waals surface area (Å²) in [5, 5.41) is 0. The van der Waals surface area contributed by atoms with Gasteiger partial charge in [-0.15, -0.1) is 11.6 Å². The molecule has 0 radical (unpaired) electrons. The molecule has 0 spiro atoms. The molecule has 1 aliphatic heterocycles. The molecule has 1 aromatic rings. The van der Waals surface area contributed by atoms with Crippen LogP contribution in [0.4, 0.5) is 5.69 Å². The molecule has 3 nitrogen and oxygen atoms in total. The largest absolute Gasteiger partial charge is 0.301 e. The Hall–Kier alpha value is -1.61. The van der Waals surface area contributed by atoms with Crippen LogP contribution in [0.2, 0.25) is 0 Å². The minimum absolute atomic E-state index is 0.276. The van der Waals surface area contributed by atoms with Crippen molar-refractivity contribution in [2.24, 2.45) is 0 Å². The van der Waals surface area contributed by atoms with Crippen LogP contribution < -0.4 is 4.90 Å². The maximum Gasteiger partial charge on any atom is 0.299 e. The lowest BCUT2D eigenvalue weighted by atomic mass is 10.0. The van der Waals surface area contributed by atoms with Crippen molar-refractivity contribution in [3.05, 3.63) is 41.0 Å². The second-order valence-corrected chi connectivity index (χ2v) is 4.85. The molecular formula is C14H14ClNO2. The summed E-state index contributed by atoms with van der Waals surface area (Å²) in [4.78, 5) is 25.4. The molecule has 0 saturated heterocycles. The quantitative estimate of drug-likeness (QED) is 0.478. The molecule has 4 heteroatoms. The van der Waals surface area contributed by atoms with Gasteiger partial charge in [-0.2, -0.15) is 0 Å². The number of halogens is 1. The molecule has 1 heterocycles. The lowest BCUT2D eigenvalue weighted by Crippen LogP contribution is -2.31. The average Bonchev–Trinajstić information content (AvgIpc) is 2.54. The summed E-state index contributed by atoms with van der Waals surface area (Å²) >= 11 is 5.68. The van der Waals surface area contributed by atoms with Crippen molar-refractivity contribution < 1.29 is 9.59 Å². The van der Waals surface area contributed by atoms with E-state index in [1.165, 1.54) is 4.90 Å². The number of rotatable bonds is 3. The maximum absolute atomic E-state index is 12.0. The van der Waals surface area contributed by atoms with E-state index in [-0.39, 0.29) is 5.88 Å². The Balaban J connectivity index is 2.51. The van der Waals surface area contributed by atoms with Crippen LogP contribution in [0.3, 0.4) is 0 Å². The Morgan fingerprint density at radius 1 is 1.33 bits per heavy atom. The second kappa shape index (κ2) is 4.58. The normalized spacial score (nSPS) is 14.1. The molecule has 0 bridgehead atoms. The van der Waals surface area contributed by atoms with Gasteiger partial charge in [-0.05, 0) is 36.6 Å². The number of amides is 1. The number of nitrogens with zero attached hydrogens (tertiary/aromatic N) is 1. The molecule has 18 heavy (non-hydrogen) atoms. The zero-order valence-corrected chi connectivity index (χ0v) is 11.2. The van der Waals surface area contributed by atoms with Crippen molar-refractivity contribution in [2.45, 2.75) is 13.8 Å². The summed E-state index contributed by atoms with van der Waals surface area (Å²) in [7, 11) is 0. The SMILES string of the molecule is C=C(CCl)CN1C(=O)C(=O)c2c(C)cc(C)cc21. The molecule has 1 amide bonds. The van der Waals surface area contributed by atoms with Gasteiger partial charge in [-0.3, -0.25) is 9.59 Å². The number of hydrogen-bond donors (Lipinski definition) is 0. The molecule has 0 atom stereocenters. The fourth-order valence-corrected chi connectivity index (χ4v) is 2.30. The van der Waals surface area contributed by atoms with Crippen LogP contribution in [-0.4, -0.2) is 24.1 Å². The fraction of sp³-hybridized carbons (Fsp3) is 0.286. The average molecular weight is 264 g/mol. The summed E-state index contributed by atoms with van der Waals surface area (Å²) in [5.74, 6) is -0.659. The second-order valence-electron chi connectivity index (χ2n) is 4.58. The van der Waals surface area contributed by atoms with E-state index in [1.54, 1.807) is 0 Å². The van der Waals surface area contributed by atoms with Crippen LogP contribution in [-0.2, 0) is 4.79 Å². The van der Waals surface area contributed by atoms with Crippen molar-refractivity contribution in [3.63, 3.8) is 0 Å². The third-order valence-electron chi connectivity index (χ3n) is 2.99. The monoisotopic (exact) mass is 263 g/mol. The van der Waals surface area contributed by atoms with Gasteiger partial charge >= 0.3 is 0 Å². The molecule has 0 unspecified atom stereocenters. The summed E-state index contributed by atoms with van der Waals surface area (Å²) in [6, 6.07) is 3.76. The van der Waals surface area contributed by atoms with E-state index in [9.17, 15) is 9.59 Å². The van der Waals surface area contributed by atoms with E-state index in [1.807, 2.05) is 26.0 Å². The number of alkyl halides is 1. The standard InChI is InChI=1S/C14H14ClNO2/c1-8-4-10(3)12-11(5-8)16(7-9(2)6-15)14(18)13(12)17/h4-5H,2,6-7H2,1,3H3. The first kappa shape index (κ1) is 12.8. The predicted molar refractivity (Wildman–Crippen MR) is 72.5 cm³/mol. The smallest absolute Gasteiger partial charge is 0.299 e. The summed E-state index contributed by atoms with van der Waals surface area (Å²) in [6.07, 6.45) is 0. The highest BCUT2D eigenvalue weighted by Crippen LogP contribution is 2.33. The number of aryl methyl sites for hydroxylation is 2. The van der Waals surface area contributed by atoms with E-state index in [0.717, 1.165) is 11.1 Å². The number of fused-ring (bicyclic) bond motifs is 1. The fourth-order valence-electron chi connectivity index (χ4n) is 2.22. The topological polar surface area (TPSA) is 37.4 Å². The van der Waals surface area contributed by atoms with Crippen LogP contribution in [0, 0.1) is 13.8 Å². The van der Waals surface area contributed by atoms with Gasteiger partial charge in [0.25, 0.3) is 11.7 Å². The van der Waals surface area contributed by atoms with Gasteiger partial charge in [0.15, 0.2) is 0 Å². The lowest BCUT2D eigenvalue weighted by Gasteiger charge is -2.17. The van der Waals surface area contributed by atoms with Crippen molar-refractivity contribution >= 4 is 29.0 Å². The predicted octanol–water partition coefficient (Wildman–Crippen LogP) is 2.63. The van der Waals surface area contributed by atoms with Gasteiger partial charge in [0.1, 0.15) is 0 Å². The Bertz CT molecular complexity index is 563. The zero-order chi connectivity index (χ0) is 13.4. The van der Waals surface area contributed by atoms with Crippen molar-refractivity contribution in [1.29, 1.82) is 0 Å². The van der Waals surface area contributed by atoms with Crippen LogP contribution in [0.15, 0.2) is 24.3 Å². The summed E-state index contributed by atoms with van der Waals surface area (Å²) in [5.41, 5.74) is 3.75. The highest BCUT2D eigenvalue weighted by molar-refractivity contribution is 6.52. The van der Waals surface area contributed by atoms with E-state index >= 15 is 0 Å². The summed E-state index contributed by atoms with van der Waals surface area (Å²) < 4.78 is 0. The van der Waals surface area contributed by atoms with Gasteiger partial charge < -0.3 is 4.90 Å². The third-order valence-corrected chi connectivity index (χ3v) is 3.36. The molecule has 0 aliphatic carbocycles. The number of anilines is 1.